The molecule has 116 valence electrons. The third-order valence-electron chi connectivity index (χ3n) is 2.48. The van der Waals surface area contributed by atoms with Crippen LogP contribution in [0.2, 0.25) is 0 Å². The molecule has 0 fully saturated rings. The lowest BCUT2D eigenvalue weighted by molar-refractivity contribution is -0.132. The summed E-state index contributed by atoms with van der Waals surface area (Å²) in [7, 11) is 1.55. The Morgan fingerprint density at radius 3 is 2.16 bits per heavy atom. The normalized spacial score (nSPS) is 14.0. The van der Waals surface area contributed by atoms with Gasteiger partial charge in [-0.1, -0.05) is 13.8 Å². The fourth-order valence-corrected chi connectivity index (χ4v) is 1.41. The highest BCUT2D eigenvalue weighted by Gasteiger charge is 2.26. The molecule has 7 heteroatoms. The second-order valence-corrected chi connectivity index (χ2v) is 4.88. The van der Waals surface area contributed by atoms with E-state index in [2.05, 4.69) is 29.5 Å². The number of hydrogen-bond acceptors (Lipinski definition) is 1. The summed E-state index contributed by atoms with van der Waals surface area (Å²) < 4.78 is 35.9. The van der Waals surface area contributed by atoms with Gasteiger partial charge in [0.1, 0.15) is 0 Å². The molecule has 0 aliphatic heterocycles. The van der Waals surface area contributed by atoms with Crippen LogP contribution in [-0.2, 0) is 0 Å². The second kappa shape index (κ2) is 10.6. The second-order valence-electron chi connectivity index (χ2n) is 4.88. The third kappa shape index (κ3) is 14.0. The Hall–Kier alpha value is -0.210. The standard InChI is InChI=1S/C12H24F3N3.HI/c1-9(2)5-6-10(3)18-11(16-4)17-8-7-12(13,14)15;/h9-10H,5-8H2,1-4H3,(H2,16,17,18);1H. The van der Waals surface area contributed by atoms with Crippen LogP contribution < -0.4 is 10.6 Å². The van der Waals surface area contributed by atoms with E-state index < -0.39 is 12.6 Å². The zero-order valence-electron chi connectivity index (χ0n) is 12.0. The van der Waals surface area contributed by atoms with Crippen LogP contribution in [-0.4, -0.2) is 31.8 Å². The number of rotatable bonds is 6. The highest BCUT2D eigenvalue weighted by atomic mass is 127. The lowest BCUT2D eigenvalue weighted by Crippen LogP contribution is -2.43. The molecule has 0 aliphatic carbocycles. The molecule has 0 radical (unpaired) electrons. The molecule has 0 heterocycles. The molecule has 0 aromatic rings. The van der Waals surface area contributed by atoms with E-state index in [1.165, 1.54) is 0 Å². The number of guanidine groups is 1. The zero-order chi connectivity index (χ0) is 14.2. The number of nitrogens with one attached hydrogen (secondary N) is 2. The number of halogens is 4. The first-order valence-electron chi connectivity index (χ1n) is 6.28. The summed E-state index contributed by atoms with van der Waals surface area (Å²) in [6, 6.07) is 0.199. The quantitative estimate of drug-likeness (QED) is 0.410. The van der Waals surface area contributed by atoms with Gasteiger partial charge in [-0.05, 0) is 25.7 Å². The summed E-state index contributed by atoms with van der Waals surface area (Å²) in [6.07, 6.45) is -2.94. The Bertz CT molecular complexity index is 255. The van der Waals surface area contributed by atoms with E-state index in [1.807, 2.05) is 6.92 Å². The van der Waals surface area contributed by atoms with Crippen molar-refractivity contribution >= 4 is 29.9 Å². The van der Waals surface area contributed by atoms with Crippen LogP contribution >= 0.6 is 24.0 Å². The molecule has 0 saturated heterocycles. The van der Waals surface area contributed by atoms with Crippen molar-refractivity contribution in [1.82, 2.24) is 10.6 Å². The molecule has 2 N–H and O–H groups in total. The molecule has 0 bridgehead atoms. The Morgan fingerprint density at radius 1 is 1.16 bits per heavy atom. The first-order chi connectivity index (χ1) is 8.24. The minimum atomic E-state index is -4.13. The zero-order valence-corrected chi connectivity index (χ0v) is 14.3. The first kappa shape index (κ1) is 21.1. The molecular weight excluding hydrogens is 370 g/mol. The molecule has 1 unspecified atom stereocenters. The van der Waals surface area contributed by atoms with E-state index in [9.17, 15) is 13.2 Å². The molecule has 19 heavy (non-hydrogen) atoms. The van der Waals surface area contributed by atoms with E-state index in [0.29, 0.717) is 11.9 Å². The molecular formula is C12H25F3IN3. The SMILES string of the molecule is CN=C(NCCC(F)(F)F)NC(C)CCC(C)C.I. The van der Waals surface area contributed by atoms with Crippen molar-refractivity contribution in [3.63, 3.8) is 0 Å². The van der Waals surface area contributed by atoms with E-state index in [0.717, 1.165) is 12.8 Å². The van der Waals surface area contributed by atoms with Gasteiger partial charge in [0.2, 0.25) is 0 Å². The van der Waals surface area contributed by atoms with Crippen molar-refractivity contribution in [2.45, 2.75) is 52.3 Å². The van der Waals surface area contributed by atoms with Gasteiger partial charge in [0.05, 0.1) is 6.42 Å². The van der Waals surface area contributed by atoms with Crippen LogP contribution in [0.4, 0.5) is 13.2 Å². The predicted molar refractivity (Wildman–Crippen MR) is 84.1 cm³/mol. The van der Waals surface area contributed by atoms with Crippen molar-refractivity contribution in [2.24, 2.45) is 10.9 Å². The van der Waals surface area contributed by atoms with Crippen LogP contribution in [0.5, 0.6) is 0 Å². The maximum atomic E-state index is 12.0. The fourth-order valence-electron chi connectivity index (χ4n) is 1.41. The van der Waals surface area contributed by atoms with Crippen molar-refractivity contribution in [3.05, 3.63) is 0 Å². The van der Waals surface area contributed by atoms with Gasteiger partial charge in [-0.3, -0.25) is 4.99 Å². The van der Waals surface area contributed by atoms with Crippen molar-refractivity contribution in [2.75, 3.05) is 13.6 Å². The van der Waals surface area contributed by atoms with Gasteiger partial charge in [-0.15, -0.1) is 24.0 Å². The summed E-state index contributed by atoms with van der Waals surface area (Å²) in [6.45, 7) is 6.13. The van der Waals surface area contributed by atoms with Crippen LogP contribution in [0.1, 0.15) is 40.0 Å². The summed E-state index contributed by atoms with van der Waals surface area (Å²) >= 11 is 0. The third-order valence-corrected chi connectivity index (χ3v) is 2.48. The van der Waals surface area contributed by atoms with Gasteiger partial charge >= 0.3 is 6.18 Å². The van der Waals surface area contributed by atoms with Crippen LogP contribution in [0.25, 0.3) is 0 Å². The summed E-state index contributed by atoms with van der Waals surface area (Å²) in [5.41, 5.74) is 0. The van der Waals surface area contributed by atoms with Gasteiger partial charge in [-0.25, -0.2) is 0 Å². The molecule has 3 nitrogen and oxygen atoms in total. The van der Waals surface area contributed by atoms with Gasteiger partial charge in [0, 0.05) is 19.6 Å². The molecule has 0 rings (SSSR count). The highest BCUT2D eigenvalue weighted by Crippen LogP contribution is 2.18. The number of alkyl halides is 3. The monoisotopic (exact) mass is 395 g/mol. The van der Waals surface area contributed by atoms with E-state index >= 15 is 0 Å². The minimum Gasteiger partial charge on any atom is -0.356 e. The minimum absolute atomic E-state index is 0. The maximum absolute atomic E-state index is 12.0. The average molecular weight is 395 g/mol. The van der Waals surface area contributed by atoms with E-state index in [4.69, 9.17) is 0 Å². The molecule has 0 amide bonds. The van der Waals surface area contributed by atoms with Gasteiger partial charge in [0.15, 0.2) is 5.96 Å². The van der Waals surface area contributed by atoms with Crippen molar-refractivity contribution < 1.29 is 13.2 Å². The largest absolute Gasteiger partial charge is 0.390 e. The molecule has 0 aromatic heterocycles. The molecule has 0 saturated carbocycles. The Balaban J connectivity index is 0. The number of aliphatic imine (C=N–C) groups is 1. The van der Waals surface area contributed by atoms with Crippen molar-refractivity contribution in [3.8, 4) is 0 Å². The lowest BCUT2D eigenvalue weighted by atomic mass is 10.0. The van der Waals surface area contributed by atoms with Crippen molar-refractivity contribution in [1.29, 1.82) is 0 Å². The summed E-state index contributed by atoms with van der Waals surface area (Å²) in [5.74, 6) is 1.05. The Morgan fingerprint density at radius 2 is 1.74 bits per heavy atom. The van der Waals surface area contributed by atoms with Gasteiger partial charge in [-0.2, -0.15) is 13.2 Å². The van der Waals surface area contributed by atoms with Crippen LogP contribution in [0.3, 0.4) is 0 Å². The summed E-state index contributed by atoms with van der Waals surface area (Å²) in [5, 5.41) is 5.74. The maximum Gasteiger partial charge on any atom is 0.390 e. The number of nitrogens with zero attached hydrogens (tertiary/aromatic N) is 1. The molecule has 1 atom stereocenters. The topological polar surface area (TPSA) is 36.4 Å². The summed E-state index contributed by atoms with van der Waals surface area (Å²) in [4.78, 5) is 3.90. The molecule has 0 aliphatic rings. The van der Waals surface area contributed by atoms with Crippen LogP contribution in [0.15, 0.2) is 4.99 Å². The molecule has 0 spiro atoms. The lowest BCUT2D eigenvalue weighted by Gasteiger charge is -2.19. The Labute approximate surface area is 130 Å². The first-order valence-corrected chi connectivity index (χ1v) is 6.28. The average Bonchev–Trinajstić information content (AvgIpc) is 2.23. The Kier molecular flexibility index (Phi) is 11.7. The van der Waals surface area contributed by atoms with E-state index in [1.54, 1.807) is 7.05 Å². The van der Waals surface area contributed by atoms with Gasteiger partial charge in [0.25, 0.3) is 0 Å². The number of hydrogen-bond donors (Lipinski definition) is 2. The van der Waals surface area contributed by atoms with Gasteiger partial charge < -0.3 is 10.6 Å². The van der Waals surface area contributed by atoms with E-state index in [-0.39, 0.29) is 36.6 Å². The van der Waals surface area contributed by atoms with Crippen LogP contribution in [0, 0.1) is 5.92 Å². The predicted octanol–water partition coefficient (Wildman–Crippen LogP) is 3.55. The molecule has 0 aromatic carbocycles. The highest BCUT2D eigenvalue weighted by molar-refractivity contribution is 14.0. The fraction of sp³-hybridized carbons (Fsp3) is 0.917. The smallest absolute Gasteiger partial charge is 0.356 e.